The Morgan fingerprint density at radius 1 is 0.328 bits per heavy atom. The predicted octanol–water partition coefficient (Wildman–Crippen LogP) is 16.9. The van der Waals surface area contributed by atoms with Gasteiger partial charge in [-0.3, -0.25) is 14.4 Å². The second-order valence-electron chi connectivity index (χ2n) is 17.1. The van der Waals surface area contributed by atoms with Gasteiger partial charge in [-0.2, -0.15) is 0 Å². The average Bonchev–Trinajstić information content (AvgIpc) is 3.26. The molecule has 0 amide bonds. The molecule has 6 nitrogen and oxygen atoms in total. The van der Waals surface area contributed by atoms with E-state index in [2.05, 4.69) is 81.5 Å². The summed E-state index contributed by atoms with van der Waals surface area (Å²) in [5.41, 5.74) is 0. The topological polar surface area (TPSA) is 78.9 Å². The Labute approximate surface area is 377 Å². The van der Waals surface area contributed by atoms with Crippen molar-refractivity contribution in [3.8, 4) is 0 Å². The van der Waals surface area contributed by atoms with Crippen LogP contribution in [0.5, 0.6) is 0 Å². The lowest BCUT2D eigenvalue weighted by Crippen LogP contribution is -2.30. The third kappa shape index (κ3) is 48.0. The van der Waals surface area contributed by atoms with Crippen LogP contribution in [0.15, 0.2) is 60.8 Å². The number of unbranched alkanes of at least 4 members (excludes halogenated alkanes) is 25. The minimum Gasteiger partial charge on any atom is -0.462 e. The molecule has 0 heterocycles. The van der Waals surface area contributed by atoms with Gasteiger partial charge in [0, 0.05) is 19.3 Å². The third-order valence-electron chi connectivity index (χ3n) is 11.0. The van der Waals surface area contributed by atoms with Gasteiger partial charge in [-0.05, 0) is 96.3 Å². The molecule has 0 fully saturated rings. The first-order valence-electron chi connectivity index (χ1n) is 25.8. The molecular formula is C55H96O6. The molecule has 0 aromatic rings. The molecule has 6 heteroatoms. The highest BCUT2D eigenvalue weighted by atomic mass is 16.6. The number of hydrogen-bond acceptors (Lipinski definition) is 6. The smallest absolute Gasteiger partial charge is 0.306 e. The molecule has 0 radical (unpaired) electrons. The minimum atomic E-state index is -0.801. The second-order valence-corrected chi connectivity index (χ2v) is 17.1. The van der Waals surface area contributed by atoms with Crippen LogP contribution >= 0.6 is 0 Å². The molecule has 0 saturated carbocycles. The maximum Gasteiger partial charge on any atom is 0.306 e. The van der Waals surface area contributed by atoms with Crippen LogP contribution in [0.2, 0.25) is 0 Å². The van der Waals surface area contributed by atoms with E-state index < -0.39 is 6.10 Å². The summed E-state index contributed by atoms with van der Waals surface area (Å²) >= 11 is 0. The van der Waals surface area contributed by atoms with Gasteiger partial charge in [-0.25, -0.2) is 0 Å². The third-order valence-corrected chi connectivity index (χ3v) is 11.0. The molecule has 0 saturated heterocycles. The highest BCUT2D eigenvalue weighted by Crippen LogP contribution is 2.13. The monoisotopic (exact) mass is 853 g/mol. The summed E-state index contributed by atoms with van der Waals surface area (Å²) in [5.74, 6) is -0.972. The quantitative estimate of drug-likeness (QED) is 0.0263. The van der Waals surface area contributed by atoms with Crippen LogP contribution in [-0.4, -0.2) is 37.2 Å². The molecule has 352 valence electrons. The normalized spacial score (nSPS) is 12.5. The number of esters is 3. The van der Waals surface area contributed by atoms with Gasteiger partial charge in [-0.15, -0.1) is 0 Å². The number of ether oxygens (including phenoxy) is 3. The van der Waals surface area contributed by atoms with Gasteiger partial charge in [0.1, 0.15) is 13.2 Å². The highest BCUT2D eigenvalue weighted by molar-refractivity contribution is 5.71. The van der Waals surface area contributed by atoms with E-state index in [0.29, 0.717) is 19.3 Å². The van der Waals surface area contributed by atoms with Gasteiger partial charge in [0.2, 0.25) is 0 Å². The summed E-state index contributed by atoms with van der Waals surface area (Å²) in [4.78, 5) is 37.9. The van der Waals surface area contributed by atoms with E-state index >= 15 is 0 Å². The maximum atomic E-state index is 12.8. The Kier molecular flexibility index (Phi) is 47.4. The van der Waals surface area contributed by atoms with Crippen molar-refractivity contribution in [3.05, 3.63) is 60.8 Å². The molecule has 0 spiro atoms. The van der Waals surface area contributed by atoms with Gasteiger partial charge < -0.3 is 14.2 Å². The Balaban J connectivity index is 4.44. The van der Waals surface area contributed by atoms with Crippen molar-refractivity contribution in [1.29, 1.82) is 0 Å². The van der Waals surface area contributed by atoms with Gasteiger partial charge >= 0.3 is 17.9 Å². The molecule has 0 aromatic carbocycles. The standard InChI is InChI=1S/C55H96O6/c1-4-7-10-13-16-19-22-24-26-28-30-31-33-36-39-42-45-48-54(57)60-51-52(50-59-53(56)47-44-41-38-35-21-18-15-12-9-6-3)61-55(58)49-46-43-40-37-34-32-29-27-25-23-20-17-14-11-8-5-2/h15,18,24,26-27,29-31,36,39,52H,4-14,16-17,19-23,25,28,32-35,37-38,40-51H2,1-3H3/b18-15-,26-24-,29-27-,31-30-,39-36-. The van der Waals surface area contributed by atoms with Crippen molar-refractivity contribution in [3.63, 3.8) is 0 Å². The lowest BCUT2D eigenvalue weighted by atomic mass is 10.1. The van der Waals surface area contributed by atoms with Crippen LogP contribution in [0, 0.1) is 0 Å². The van der Waals surface area contributed by atoms with Crippen LogP contribution in [0.25, 0.3) is 0 Å². The van der Waals surface area contributed by atoms with Crippen molar-refractivity contribution in [1.82, 2.24) is 0 Å². The fourth-order valence-electron chi connectivity index (χ4n) is 7.02. The lowest BCUT2D eigenvalue weighted by Gasteiger charge is -2.18. The lowest BCUT2D eigenvalue weighted by molar-refractivity contribution is -0.167. The molecule has 0 aromatic heterocycles. The van der Waals surface area contributed by atoms with Crippen LogP contribution in [0.3, 0.4) is 0 Å². The first kappa shape index (κ1) is 58.1. The molecule has 0 aliphatic heterocycles. The van der Waals surface area contributed by atoms with Crippen molar-refractivity contribution in [2.75, 3.05) is 13.2 Å². The van der Waals surface area contributed by atoms with Crippen molar-refractivity contribution in [2.24, 2.45) is 0 Å². The van der Waals surface area contributed by atoms with E-state index in [1.165, 1.54) is 116 Å². The number of carbonyl (C=O) groups is 3. The molecule has 0 N–H and O–H groups in total. The van der Waals surface area contributed by atoms with Crippen LogP contribution in [-0.2, 0) is 28.6 Å². The number of carbonyl (C=O) groups excluding carboxylic acids is 3. The zero-order chi connectivity index (χ0) is 44.4. The van der Waals surface area contributed by atoms with Crippen LogP contribution in [0.4, 0.5) is 0 Å². The molecule has 61 heavy (non-hydrogen) atoms. The SMILES string of the molecule is CCCC/C=C\CCCCCCC(=O)OCC(COC(=O)CCC/C=C\C/C=C\C/C=C\CCCCCCCC)OC(=O)CCCCCCC/C=C\CCCCCCCCC. The van der Waals surface area contributed by atoms with Crippen LogP contribution < -0.4 is 0 Å². The Morgan fingerprint density at radius 2 is 0.623 bits per heavy atom. The molecule has 0 aliphatic carbocycles. The van der Waals surface area contributed by atoms with Crippen LogP contribution in [0.1, 0.15) is 252 Å². The fraction of sp³-hybridized carbons (Fsp3) is 0.764. The van der Waals surface area contributed by atoms with Crippen molar-refractivity contribution < 1.29 is 28.6 Å². The number of rotatable bonds is 46. The number of allylic oxidation sites excluding steroid dienone is 10. The molecule has 0 aliphatic rings. The second kappa shape index (κ2) is 49.8. The van der Waals surface area contributed by atoms with E-state index in [0.717, 1.165) is 89.9 Å². The molecule has 0 rings (SSSR count). The summed E-state index contributed by atoms with van der Waals surface area (Å²) in [7, 11) is 0. The summed E-state index contributed by atoms with van der Waals surface area (Å²) in [6, 6.07) is 0. The molecule has 1 atom stereocenters. The van der Waals surface area contributed by atoms with E-state index in [1.807, 2.05) is 0 Å². The largest absolute Gasteiger partial charge is 0.462 e. The summed E-state index contributed by atoms with van der Waals surface area (Å²) in [6.45, 7) is 6.53. The summed E-state index contributed by atoms with van der Waals surface area (Å²) in [6.07, 6.45) is 60.7. The summed E-state index contributed by atoms with van der Waals surface area (Å²) < 4.78 is 16.7. The first-order chi connectivity index (χ1) is 30.0. The molecule has 1 unspecified atom stereocenters. The van der Waals surface area contributed by atoms with E-state index in [1.54, 1.807) is 0 Å². The fourth-order valence-corrected chi connectivity index (χ4v) is 7.02. The number of hydrogen-bond donors (Lipinski definition) is 0. The zero-order valence-electron chi connectivity index (χ0n) is 40.2. The highest BCUT2D eigenvalue weighted by Gasteiger charge is 2.19. The average molecular weight is 853 g/mol. The first-order valence-corrected chi connectivity index (χ1v) is 25.8. The van der Waals surface area contributed by atoms with E-state index in [4.69, 9.17) is 14.2 Å². The zero-order valence-corrected chi connectivity index (χ0v) is 40.2. The van der Waals surface area contributed by atoms with E-state index in [9.17, 15) is 14.4 Å². The molecule has 0 bridgehead atoms. The van der Waals surface area contributed by atoms with Gasteiger partial charge in [-0.1, -0.05) is 197 Å². The molecular weight excluding hydrogens is 757 g/mol. The van der Waals surface area contributed by atoms with Gasteiger partial charge in [0.15, 0.2) is 6.10 Å². The maximum absolute atomic E-state index is 12.8. The Morgan fingerprint density at radius 3 is 1.05 bits per heavy atom. The predicted molar refractivity (Wildman–Crippen MR) is 261 cm³/mol. The summed E-state index contributed by atoms with van der Waals surface area (Å²) in [5, 5.41) is 0. The van der Waals surface area contributed by atoms with E-state index in [-0.39, 0.29) is 37.5 Å². The Bertz CT molecular complexity index is 1120. The van der Waals surface area contributed by atoms with Gasteiger partial charge in [0.25, 0.3) is 0 Å². The Hall–Kier alpha value is -2.89. The van der Waals surface area contributed by atoms with Gasteiger partial charge in [0.05, 0.1) is 0 Å². The minimum absolute atomic E-state index is 0.0992. The van der Waals surface area contributed by atoms with Crippen molar-refractivity contribution in [2.45, 2.75) is 258 Å². The van der Waals surface area contributed by atoms with Crippen molar-refractivity contribution >= 4 is 17.9 Å².